The minimum Gasteiger partial charge on any atom is -0.369 e. The quantitative estimate of drug-likeness (QED) is 0.822. The molecule has 0 saturated carbocycles. The normalized spacial score (nSPS) is 25.2. The van der Waals surface area contributed by atoms with E-state index < -0.39 is 11.7 Å². The molecule has 2 fully saturated rings. The number of hydrogen-bond acceptors (Lipinski definition) is 4. The lowest BCUT2D eigenvalue weighted by Crippen LogP contribution is -2.40. The van der Waals surface area contributed by atoms with Crippen molar-refractivity contribution in [2.75, 3.05) is 38.1 Å². The van der Waals surface area contributed by atoms with E-state index in [0.29, 0.717) is 30.8 Å². The van der Waals surface area contributed by atoms with Crippen molar-refractivity contribution in [3.05, 3.63) is 36.0 Å². The summed E-state index contributed by atoms with van der Waals surface area (Å²) in [5, 5.41) is 3.65. The van der Waals surface area contributed by atoms with Crippen LogP contribution in [0.4, 0.5) is 18.9 Å². The molecule has 2 saturated heterocycles. The Hall–Kier alpha value is -2.35. The zero-order valence-electron chi connectivity index (χ0n) is 17.2. The molecule has 3 atom stereocenters. The first-order chi connectivity index (χ1) is 14.2. The standard InChI is InChI=1S/C22H27F3N4O/c1-14-11-29(13-18(14)27-20(30)10-15-7-9-28(2)12-15)19-6-5-17(22(23,24)25)21-16(19)4-3-8-26-21/h3-6,8,14-15,18H,7,9-13H2,1-2H3,(H,27,30)/t14-,15+,18+/m1/s1. The summed E-state index contributed by atoms with van der Waals surface area (Å²) in [7, 11) is 2.07. The Labute approximate surface area is 174 Å². The molecule has 0 aliphatic carbocycles. The zero-order valence-corrected chi connectivity index (χ0v) is 17.2. The van der Waals surface area contributed by atoms with Crippen LogP contribution in [-0.2, 0) is 11.0 Å². The highest BCUT2D eigenvalue weighted by Crippen LogP contribution is 2.38. The van der Waals surface area contributed by atoms with Crippen LogP contribution in [0.15, 0.2) is 30.5 Å². The lowest BCUT2D eigenvalue weighted by atomic mass is 10.0. The monoisotopic (exact) mass is 420 g/mol. The van der Waals surface area contributed by atoms with Crippen LogP contribution in [0.25, 0.3) is 10.9 Å². The SMILES string of the molecule is C[C@@H]1CN(c2ccc(C(F)(F)F)c3ncccc23)C[C@@H]1NC(=O)C[C@@H]1CCN(C)C1. The van der Waals surface area contributed by atoms with Crippen LogP contribution in [-0.4, -0.2) is 55.1 Å². The summed E-state index contributed by atoms with van der Waals surface area (Å²) in [6, 6.07) is 5.95. The number of halogens is 3. The molecule has 0 bridgehead atoms. The maximum Gasteiger partial charge on any atom is 0.418 e. The van der Waals surface area contributed by atoms with Gasteiger partial charge < -0.3 is 15.1 Å². The van der Waals surface area contributed by atoms with E-state index in [-0.39, 0.29) is 23.4 Å². The van der Waals surface area contributed by atoms with Crippen molar-refractivity contribution in [1.29, 1.82) is 0 Å². The van der Waals surface area contributed by atoms with Crippen LogP contribution in [0.2, 0.25) is 0 Å². The lowest BCUT2D eigenvalue weighted by molar-refractivity contribution is -0.136. The molecule has 2 aliphatic rings. The van der Waals surface area contributed by atoms with E-state index in [1.54, 1.807) is 12.1 Å². The fourth-order valence-corrected chi connectivity index (χ4v) is 4.73. The molecule has 3 heterocycles. The number of fused-ring (bicyclic) bond motifs is 1. The van der Waals surface area contributed by atoms with Crippen LogP contribution < -0.4 is 10.2 Å². The highest BCUT2D eigenvalue weighted by atomic mass is 19.4. The largest absolute Gasteiger partial charge is 0.418 e. The number of alkyl halides is 3. The van der Waals surface area contributed by atoms with Crippen molar-refractivity contribution in [2.24, 2.45) is 11.8 Å². The number of likely N-dealkylation sites (tertiary alicyclic amines) is 1. The summed E-state index contributed by atoms with van der Waals surface area (Å²) < 4.78 is 40.1. The Morgan fingerprint density at radius 3 is 2.73 bits per heavy atom. The molecule has 1 N–H and O–H groups in total. The fraction of sp³-hybridized carbons (Fsp3) is 0.545. The third-order valence-corrected chi connectivity index (χ3v) is 6.31. The number of benzene rings is 1. The molecule has 1 aromatic carbocycles. The average Bonchev–Trinajstić information content (AvgIpc) is 3.25. The van der Waals surface area contributed by atoms with E-state index >= 15 is 0 Å². The number of nitrogens with one attached hydrogen (secondary N) is 1. The number of nitrogens with zero attached hydrogens (tertiary/aromatic N) is 3. The Morgan fingerprint density at radius 1 is 1.23 bits per heavy atom. The first kappa shape index (κ1) is 20.9. The van der Waals surface area contributed by atoms with Gasteiger partial charge in [-0.25, -0.2) is 0 Å². The van der Waals surface area contributed by atoms with E-state index in [1.807, 2.05) is 0 Å². The highest BCUT2D eigenvalue weighted by molar-refractivity contribution is 5.94. The second-order valence-corrected chi connectivity index (χ2v) is 8.71. The second kappa shape index (κ2) is 8.06. The van der Waals surface area contributed by atoms with E-state index in [4.69, 9.17) is 0 Å². The molecule has 8 heteroatoms. The molecule has 2 aliphatic heterocycles. The summed E-state index contributed by atoms with van der Waals surface area (Å²) in [6.07, 6.45) is -1.49. The molecule has 2 aromatic rings. The van der Waals surface area contributed by atoms with E-state index in [9.17, 15) is 18.0 Å². The van der Waals surface area contributed by atoms with Gasteiger partial charge in [0.25, 0.3) is 0 Å². The van der Waals surface area contributed by atoms with Gasteiger partial charge in [0.05, 0.1) is 17.1 Å². The van der Waals surface area contributed by atoms with Crippen LogP contribution >= 0.6 is 0 Å². The van der Waals surface area contributed by atoms with Gasteiger partial charge >= 0.3 is 6.18 Å². The molecule has 30 heavy (non-hydrogen) atoms. The molecule has 0 spiro atoms. The van der Waals surface area contributed by atoms with Crippen LogP contribution in [0, 0.1) is 11.8 Å². The Balaban J connectivity index is 1.49. The molecule has 0 radical (unpaired) electrons. The maximum atomic E-state index is 13.4. The predicted molar refractivity (Wildman–Crippen MR) is 110 cm³/mol. The number of anilines is 1. The predicted octanol–water partition coefficient (Wildman–Crippen LogP) is 3.54. The molecule has 4 rings (SSSR count). The van der Waals surface area contributed by atoms with Crippen LogP contribution in [0.5, 0.6) is 0 Å². The lowest BCUT2D eigenvalue weighted by Gasteiger charge is -2.22. The van der Waals surface area contributed by atoms with Gasteiger partial charge in [0, 0.05) is 43.3 Å². The Morgan fingerprint density at radius 2 is 2.03 bits per heavy atom. The van der Waals surface area contributed by atoms with Crippen molar-refractivity contribution < 1.29 is 18.0 Å². The van der Waals surface area contributed by atoms with Crippen molar-refractivity contribution >= 4 is 22.5 Å². The van der Waals surface area contributed by atoms with Crippen molar-refractivity contribution in [3.8, 4) is 0 Å². The number of rotatable bonds is 4. The molecular weight excluding hydrogens is 393 g/mol. The Kier molecular flexibility index (Phi) is 5.61. The fourth-order valence-electron chi connectivity index (χ4n) is 4.73. The maximum absolute atomic E-state index is 13.4. The molecule has 5 nitrogen and oxygen atoms in total. The minimum absolute atomic E-state index is 0.0225. The minimum atomic E-state index is -4.45. The van der Waals surface area contributed by atoms with Gasteiger partial charge in [0.2, 0.25) is 5.91 Å². The van der Waals surface area contributed by atoms with Gasteiger partial charge in [-0.1, -0.05) is 6.92 Å². The summed E-state index contributed by atoms with van der Waals surface area (Å²) >= 11 is 0. The number of carbonyl (C=O) groups is 1. The third-order valence-electron chi connectivity index (χ3n) is 6.31. The number of aromatic nitrogens is 1. The molecular formula is C22H27F3N4O. The zero-order chi connectivity index (χ0) is 21.5. The van der Waals surface area contributed by atoms with Crippen molar-refractivity contribution in [3.63, 3.8) is 0 Å². The van der Waals surface area contributed by atoms with Gasteiger partial charge in [-0.3, -0.25) is 9.78 Å². The van der Waals surface area contributed by atoms with Gasteiger partial charge in [0.1, 0.15) is 0 Å². The summed E-state index contributed by atoms with van der Waals surface area (Å²) in [5.74, 6) is 0.662. The van der Waals surface area contributed by atoms with E-state index in [2.05, 4.69) is 34.1 Å². The third kappa shape index (κ3) is 4.24. The van der Waals surface area contributed by atoms with Gasteiger partial charge in [-0.05, 0) is 56.1 Å². The van der Waals surface area contributed by atoms with Gasteiger partial charge in [0.15, 0.2) is 0 Å². The highest BCUT2D eigenvalue weighted by Gasteiger charge is 2.36. The number of pyridine rings is 1. The van der Waals surface area contributed by atoms with Crippen molar-refractivity contribution in [2.45, 2.75) is 32.0 Å². The smallest absolute Gasteiger partial charge is 0.369 e. The first-order valence-electron chi connectivity index (χ1n) is 10.4. The molecule has 1 aromatic heterocycles. The number of amides is 1. The average molecular weight is 420 g/mol. The van der Waals surface area contributed by atoms with Crippen LogP contribution in [0.3, 0.4) is 0 Å². The van der Waals surface area contributed by atoms with Gasteiger partial charge in [-0.2, -0.15) is 13.2 Å². The first-order valence-corrected chi connectivity index (χ1v) is 10.4. The number of carbonyl (C=O) groups excluding carboxylic acids is 1. The molecule has 162 valence electrons. The summed E-state index contributed by atoms with van der Waals surface area (Å²) in [5.41, 5.74) is -0.0272. The molecule has 0 unspecified atom stereocenters. The second-order valence-electron chi connectivity index (χ2n) is 8.71. The van der Waals surface area contributed by atoms with Crippen molar-refractivity contribution in [1.82, 2.24) is 15.2 Å². The van der Waals surface area contributed by atoms with E-state index in [0.717, 1.165) is 31.3 Å². The van der Waals surface area contributed by atoms with E-state index in [1.165, 1.54) is 12.3 Å². The summed E-state index contributed by atoms with van der Waals surface area (Å²) in [4.78, 5) is 20.8. The van der Waals surface area contributed by atoms with Crippen LogP contribution in [0.1, 0.15) is 25.3 Å². The van der Waals surface area contributed by atoms with Gasteiger partial charge in [-0.15, -0.1) is 0 Å². The molecule has 1 amide bonds. The number of hydrogen-bond donors (Lipinski definition) is 1. The summed E-state index contributed by atoms with van der Waals surface area (Å²) in [6.45, 7) is 5.29. The Bertz CT molecular complexity index is 932. The topological polar surface area (TPSA) is 48.5 Å².